The molecule has 1 rings (SSSR count). The van der Waals surface area contributed by atoms with Gasteiger partial charge in [0.2, 0.25) is 0 Å². The van der Waals surface area contributed by atoms with Crippen LogP contribution in [-0.4, -0.2) is 29.3 Å². The highest BCUT2D eigenvalue weighted by atomic mass is 16.5. The molecular formula is C13H25N3O. The summed E-state index contributed by atoms with van der Waals surface area (Å²) in [6.45, 7) is 8.30. The van der Waals surface area contributed by atoms with Gasteiger partial charge in [0.1, 0.15) is 5.82 Å². The zero-order valence-corrected chi connectivity index (χ0v) is 11.4. The summed E-state index contributed by atoms with van der Waals surface area (Å²) in [5.41, 5.74) is 0. The number of ether oxygens (including phenoxy) is 1. The lowest BCUT2D eigenvalue weighted by molar-refractivity contribution is 0.0573. The van der Waals surface area contributed by atoms with Crippen LogP contribution >= 0.6 is 0 Å². The van der Waals surface area contributed by atoms with Crippen molar-refractivity contribution in [3.05, 3.63) is 18.2 Å². The standard InChI is InChI=1S/C13H25N3O/c1-5-8-11(17-4)12(14-6-2)13-15-9-10-16(13)7-3/h9-12,14H,5-8H2,1-4H3. The van der Waals surface area contributed by atoms with Crippen LogP contribution in [0.4, 0.5) is 0 Å². The Morgan fingerprint density at radius 1 is 1.41 bits per heavy atom. The molecule has 4 nitrogen and oxygen atoms in total. The van der Waals surface area contributed by atoms with Crippen LogP contribution in [0.2, 0.25) is 0 Å². The number of imidazole rings is 1. The highest BCUT2D eigenvalue weighted by molar-refractivity contribution is 5.02. The molecule has 2 atom stereocenters. The van der Waals surface area contributed by atoms with Gasteiger partial charge in [0, 0.05) is 26.0 Å². The van der Waals surface area contributed by atoms with Gasteiger partial charge in [0.25, 0.3) is 0 Å². The summed E-state index contributed by atoms with van der Waals surface area (Å²) in [6.07, 6.45) is 6.24. The van der Waals surface area contributed by atoms with Gasteiger partial charge in [-0.05, 0) is 19.9 Å². The van der Waals surface area contributed by atoms with Gasteiger partial charge in [0.05, 0.1) is 12.1 Å². The highest BCUT2D eigenvalue weighted by Gasteiger charge is 2.25. The summed E-state index contributed by atoms with van der Waals surface area (Å²) in [5, 5.41) is 3.49. The van der Waals surface area contributed by atoms with Crippen LogP contribution in [0.25, 0.3) is 0 Å². The average molecular weight is 239 g/mol. The Hall–Kier alpha value is -0.870. The number of nitrogens with zero attached hydrogens (tertiary/aromatic N) is 2. The lowest BCUT2D eigenvalue weighted by Crippen LogP contribution is -2.35. The van der Waals surface area contributed by atoms with E-state index in [2.05, 4.69) is 35.6 Å². The first-order chi connectivity index (χ1) is 8.28. The Kier molecular flexibility index (Phi) is 6.22. The Bertz CT molecular complexity index is 311. The highest BCUT2D eigenvalue weighted by Crippen LogP contribution is 2.21. The van der Waals surface area contributed by atoms with Crippen LogP contribution in [0.1, 0.15) is 45.5 Å². The number of nitrogens with one attached hydrogen (secondary N) is 1. The summed E-state index contributed by atoms with van der Waals surface area (Å²) in [6, 6.07) is 0.180. The third-order valence-electron chi connectivity index (χ3n) is 3.04. The quantitative estimate of drug-likeness (QED) is 0.757. The minimum atomic E-state index is 0.180. The monoisotopic (exact) mass is 239 g/mol. The van der Waals surface area contributed by atoms with Crippen molar-refractivity contribution in [1.29, 1.82) is 0 Å². The molecule has 0 spiro atoms. The van der Waals surface area contributed by atoms with Gasteiger partial charge < -0.3 is 14.6 Å². The zero-order chi connectivity index (χ0) is 12.7. The molecule has 0 saturated carbocycles. The summed E-state index contributed by atoms with van der Waals surface area (Å²) in [4.78, 5) is 4.48. The van der Waals surface area contributed by atoms with Gasteiger partial charge in [-0.15, -0.1) is 0 Å². The summed E-state index contributed by atoms with van der Waals surface area (Å²) >= 11 is 0. The van der Waals surface area contributed by atoms with E-state index in [0.717, 1.165) is 31.8 Å². The van der Waals surface area contributed by atoms with Crippen LogP contribution < -0.4 is 5.32 Å². The van der Waals surface area contributed by atoms with E-state index < -0.39 is 0 Å². The molecule has 1 N–H and O–H groups in total. The third-order valence-corrected chi connectivity index (χ3v) is 3.04. The molecule has 0 aromatic carbocycles. The van der Waals surface area contributed by atoms with Gasteiger partial charge in [-0.25, -0.2) is 4.98 Å². The molecule has 0 radical (unpaired) electrons. The molecule has 98 valence electrons. The largest absolute Gasteiger partial charge is 0.379 e. The van der Waals surface area contributed by atoms with Crippen molar-refractivity contribution >= 4 is 0 Å². The Morgan fingerprint density at radius 3 is 2.71 bits per heavy atom. The molecule has 0 aliphatic carbocycles. The van der Waals surface area contributed by atoms with E-state index in [4.69, 9.17) is 4.74 Å². The van der Waals surface area contributed by atoms with Crippen molar-refractivity contribution in [1.82, 2.24) is 14.9 Å². The van der Waals surface area contributed by atoms with E-state index >= 15 is 0 Å². The number of likely N-dealkylation sites (N-methyl/N-ethyl adjacent to an activating group) is 1. The van der Waals surface area contributed by atoms with Crippen molar-refractivity contribution in [2.45, 2.75) is 52.3 Å². The van der Waals surface area contributed by atoms with E-state index in [0.29, 0.717) is 0 Å². The second-order valence-electron chi connectivity index (χ2n) is 4.17. The first-order valence-corrected chi connectivity index (χ1v) is 6.55. The molecule has 0 fully saturated rings. The van der Waals surface area contributed by atoms with Gasteiger partial charge in [0.15, 0.2) is 0 Å². The van der Waals surface area contributed by atoms with Gasteiger partial charge >= 0.3 is 0 Å². The van der Waals surface area contributed by atoms with E-state index in [-0.39, 0.29) is 12.1 Å². The molecule has 1 aromatic heterocycles. The Labute approximate surface area is 104 Å². The second-order valence-corrected chi connectivity index (χ2v) is 4.17. The van der Waals surface area contributed by atoms with E-state index in [1.54, 1.807) is 7.11 Å². The maximum atomic E-state index is 5.61. The minimum absolute atomic E-state index is 0.180. The number of aromatic nitrogens is 2. The van der Waals surface area contributed by atoms with Gasteiger partial charge in [-0.1, -0.05) is 20.3 Å². The fourth-order valence-electron chi connectivity index (χ4n) is 2.18. The van der Waals surface area contributed by atoms with Crippen molar-refractivity contribution in [3.63, 3.8) is 0 Å². The summed E-state index contributed by atoms with van der Waals surface area (Å²) in [7, 11) is 1.78. The SMILES string of the molecule is CCCC(OC)C(NCC)c1nccn1CC. The molecule has 0 aliphatic rings. The third kappa shape index (κ3) is 3.54. The van der Waals surface area contributed by atoms with E-state index in [9.17, 15) is 0 Å². The number of hydrogen-bond acceptors (Lipinski definition) is 3. The van der Waals surface area contributed by atoms with Crippen molar-refractivity contribution in [3.8, 4) is 0 Å². The molecule has 2 unspecified atom stereocenters. The Balaban J connectivity index is 2.90. The van der Waals surface area contributed by atoms with Crippen LogP contribution in [0.3, 0.4) is 0 Å². The molecule has 0 saturated heterocycles. The fourth-order valence-corrected chi connectivity index (χ4v) is 2.18. The number of rotatable bonds is 8. The first kappa shape index (κ1) is 14.2. The number of hydrogen-bond donors (Lipinski definition) is 1. The Morgan fingerprint density at radius 2 is 2.18 bits per heavy atom. The predicted octanol–water partition coefficient (Wildman–Crippen LogP) is 2.37. The van der Waals surface area contributed by atoms with E-state index in [1.165, 1.54) is 0 Å². The van der Waals surface area contributed by atoms with Crippen molar-refractivity contribution in [2.75, 3.05) is 13.7 Å². The lowest BCUT2D eigenvalue weighted by atomic mass is 10.1. The molecule has 1 heterocycles. The fraction of sp³-hybridized carbons (Fsp3) is 0.769. The van der Waals surface area contributed by atoms with Gasteiger partial charge in [-0.3, -0.25) is 0 Å². The number of aryl methyl sites for hydroxylation is 1. The molecule has 17 heavy (non-hydrogen) atoms. The second kappa shape index (κ2) is 7.45. The summed E-state index contributed by atoms with van der Waals surface area (Å²) < 4.78 is 7.79. The minimum Gasteiger partial charge on any atom is -0.379 e. The molecule has 0 amide bonds. The van der Waals surface area contributed by atoms with Crippen LogP contribution in [0.5, 0.6) is 0 Å². The molecule has 0 bridgehead atoms. The van der Waals surface area contributed by atoms with Crippen molar-refractivity contribution in [2.24, 2.45) is 0 Å². The summed E-state index contributed by atoms with van der Waals surface area (Å²) in [5.74, 6) is 1.08. The molecular weight excluding hydrogens is 214 g/mol. The predicted molar refractivity (Wildman–Crippen MR) is 70.0 cm³/mol. The molecule has 0 aliphatic heterocycles. The maximum absolute atomic E-state index is 5.61. The average Bonchev–Trinajstić information content (AvgIpc) is 2.81. The number of methoxy groups -OCH3 is 1. The van der Waals surface area contributed by atoms with Gasteiger partial charge in [-0.2, -0.15) is 0 Å². The first-order valence-electron chi connectivity index (χ1n) is 6.55. The maximum Gasteiger partial charge on any atom is 0.128 e. The lowest BCUT2D eigenvalue weighted by Gasteiger charge is -2.26. The van der Waals surface area contributed by atoms with E-state index in [1.807, 2.05) is 12.4 Å². The van der Waals surface area contributed by atoms with Crippen molar-refractivity contribution < 1.29 is 4.74 Å². The normalized spacial score (nSPS) is 14.8. The zero-order valence-electron chi connectivity index (χ0n) is 11.4. The molecule has 4 heteroatoms. The topological polar surface area (TPSA) is 39.1 Å². The van der Waals surface area contributed by atoms with Crippen LogP contribution in [0, 0.1) is 0 Å². The molecule has 1 aromatic rings. The smallest absolute Gasteiger partial charge is 0.128 e. The van der Waals surface area contributed by atoms with Crippen LogP contribution in [0.15, 0.2) is 12.4 Å². The van der Waals surface area contributed by atoms with Crippen LogP contribution in [-0.2, 0) is 11.3 Å².